The third-order valence-electron chi connectivity index (χ3n) is 3.80. The molecule has 150 valence electrons. The molecule has 9 heteroatoms. The van der Waals surface area contributed by atoms with E-state index >= 15 is 0 Å². The van der Waals surface area contributed by atoms with Gasteiger partial charge in [0.05, 0.1) is 19.1 Å². The smallest absolute Gasteiger partial charge is 0.416 e. The molecule has 0 bridgehead atoms. The standard InChI is InChI=1S/C19H16F5NO3/c1-28-18(27)16(8-11-3-2-4-13(5-11)19(22,23)24)25-17(26)9-12-6-14(20)10-15(21)7-12/h2-7,10,16H,8-9H2,1H3,(H,25,26)/t16-/m0/s1. The summed E-state index contributed by atoms with van der Waals surface area (Å²) >= 11 is 0. The van der Waals surface area contributed by atoms with E-state index in [4.69, 9.17) is 0 Å². The maximum atomic E-state index is 13.2. The number of hydrogen-bond acceptors (Lipinski definition) is 3. The maximum Gasteiger partial charge on any atom is 0.416 e. The van der Waals surface area contributed by atoms with Crippen LogP contribution in [0.3, 0.4) is 0 Å². The molecule has 0 aromatic heterocycles. The van der Waals surface area contributed by atoms with Crippen molar-refractivity contribution in [3.63, 3.8) is 0 Å². The zero-order valence-corrected chi connectivity index (χ0v) is 14.6. The van der Waals surface area contributed by atoms with E-state index in [0.717, 1.165) is 31.4 Å². The SMILES string of the molecule is COC(=O)[C@H](Cc1cccc(C(F)(F)F)c1)NC(=O)Cc1cc(F)cc(F)c1. The molecule has 0 spiro atoms. The molecule has 2 aromatic rings. The van der Waals surface area contributed by atoms with E-state index in [1.54, 1.807) is 0 Å². The normalized spacial score (nSPS) is 12.4. The molecule has 1 N–H and O–H groups in total. The Bertz CT molecular complexity index is 847. The highest BCUT2D eigenvalue weighted by molar-refractivity contribution is 5.85. The molecule has 0 unspecified atom stereocenters. The van der Waals surface area contributed by atoms with Crippen molar-refractivity contribution in [2.45, 2.75) is 25.1 Å². The first-order valence-electron chi connectivity index (χ1n) is 8.07. The van der Waals surface area contributed by atoms with Crippen molar-refractivity contribution in [3.05, 3.63) is 70.8 Å². The molecular formula is C19H16F5NO3. The topological polar surface area (TPSA) is 55.4 Å². The highest BCUT2D eigenvalue weighted by Crippen LogP contribution is 2.29. The lowest BCUT2D eigenvalue weighted by Crippen LogP contribution is -2.43. The van der Waals surface area contributed by atoms with Gasteiger partial charge in [0.2, 0.25) is 5.91 Å². The minimum absolute atomic E-state index is 0.0395. The van der Waals surface area contributed by atoms with Crippen LogP contribution in [0.4, 0.5) is 22.0 Å². The summed E-state index contributed by atoms with van der Waals surface area (Å²) < 4.78 is 69.5. The van der Waals surface area contributed by atoms with Gasteiger partial charge in [-0.15, -0.1) is 0 Å². The van der Waals surface area contributed by atoms with Gasteiger partial charge in [-0.3, -0.25) is 4.79 Å². The van der Waals surface area contributed by atoms with Gasteiger partial charge in [-0.05, 0) is 29.3 Å². The number of halogens is 5. The highest BCUT2D eigenvalue weighted by Gasteiger charge is 2.31. The number of rotatable bonds is 6. The van der Waals surface area contributed by atoms with Crippen molar-refractivity contribution in [1.29, 1.82) is 0 Å². The Balaban J connectivity index is 2.13. The molecule has 1 atom stereocenters. The number of methoxy groups -OCH3 is 1. The number of hydrogen-bond donors (Lipinski definition) is 1. The lowest BCUT2D eigenvalue weighted by atomic mass is 10.0. The Labute approximate surface area is 157 Å². The van der Waals surface area contributed by atoms with Gasteiger partial charge in [-0.2, -0.15) is 13.2 Å². The van der Waals surface area contributed by atoms with Crippen molar-refractivity contribution in [2.24, 2.45) is 0 Å². The molecule has 2 rings (SSSR count). The zero-order valence-electron chi connectivity index (χ0n) is 14.6. The summed E-state index contributed by atoms with van der Waals surface area (Å²) in [6.45, 7) is 0. The lowest BCUT2D eigenvalue weighted by Gasteiger charge is -2.17. The van der Waals surface area contributed by atoms with Crippen LogP contribution in [0.15, 0.2) is 42.5 Å². The van der Waals surface area contributed by atoms with Gasteiger partial charge in [0.25, 0.3) is 0 Å². The van der Waals surface area contributed by atoms with Gasteiger partial charge in [0.1, 0.15) is 17.7 Å². The molecule has 0 aliphatic carbocycles. The van der Waals surface area contributed by atoms with Crippen LogP contribution in [-0.2, 0) is 33.3 Å². The average molecular weight is 401 g/mol. The van der Waals surface area contributed by atoms with Crippen LogP contribution in [-0.4, -0.2) is 25.0 Å². The second kappa shape index (κ2) is 8.81. The van der Waals surface area contributed by atoms with Crippen LogP contribution in [0, 0.1) is 11.6 Å². The van der Waals surface area contributed by atoms with Gasteiger partial charge in [-0.25, -0.2) is 13.6 Å². The molecule has 2 aromatic carbocycles. The average Bonchev–Trinajstić information content (AvgIpc) is 2.59. The minimum Gasteiger partial charge on any atom is -0.467 e. The van der Waals surface area contributed by atoms with Gasteiger partial charge in [-0.1, -0.05) is 18.2 Å². The van der Waals surface area contributed by atoms with Crippen LogP contribution in [0.25, 0.3) is 0 Å². The Morgan fingerprint density at radius 3 is 2.25 bits per heavy atom. The fraction of sp³-hybridized carbons (Fsp3) is 0.263. The molecule has 0 aliphatic rings. The summed E-state index contributed by atoms with van der Waals surface area (Å²) in [5.41, 5.74) is -0.699. The van der Waals surface area contributed by atoms with Crippen LogP contribution in [0.2, 0.25) is 0 Å². The third-order valence-corrected chi connectivity index (χ3v) is 3.80. The van der Waals surface area contributed by atoms with Crippen molar-refractivity contribution in [1.82, 2.24) is 5.32 Å². The third kappa shape index (κ3) is 6.04. The van der Waals surface area contributed by atoms with Crippen molar-refractivity contribution in [2.75, 3.05) is 7.11 Å². The van der Waals surface area contributed by atoms with Crippen LogP contribution >= 0.6 is 0 Å². The molecule has 28 heavy (non-hydrogen) atoms. The molecule has 0 heterocycles. The fourth-order valence-corrected chi connectivity index (χ4v) is 2.59. The van der Waals surface area contributed by atoms with Gasteiger partial charge < -0.3 is 10.1 Å². The number of carbonyl (C=O) groups excluding carboxylic acids is 2. The first kappa shape index (κ1) is 21.3. The van der Waals surface area contributed by atoms with E-state index in [9.17, 15) is 31.5 Å². The van der Waals surface area contributed by atoms with Crippen LogP contribution < -0.4 is 5.32 Å². The molecule has 0 fully saturated rings. The molecule has 0 saturated carbocycles. The summed E-state index contributed by atoms with van der Waals surface area (Å²) in [6.07, 6.45) is -5.23. The number of carbonyl (C=O) groups is 2. The lowest BCUT2D eigenvalue weighted by molar-refractivity contribution is -0.145. The molecule has 1 amide bonds. The Morgan fingerprint density at radius 2 is 1.68 bits per heavy atom. The predicted octanol–water partition coefficient (Wildman–Crippen LogP) is 3.43. The van der Waals surface area contributed by atoms with E-state index in [1.807, 2.05) is 0 Å². The quantitative estimate of drug-likeness (QED) is 0.596. The summed E-state index contributed by atoms with van der Waals surface area (Å²) in [7, 11) is 1.07. The van der Waals surface area contributed by atoms with E-state index in [0.29, 0.717) is 6.07 Å². The summed E-state index contributed by atoms with van der Waals surface area (Å²) in [5, 5.41) is 2.32. The number of amides is 1. The summed E-state index contributed by atoms with van der Waals surface area (Å²) in [4.78, 5) is 24.1. The molecule has 0 aliphatic heterocycles. The predicted molar refractivity (Wildman–Crippen MR) is 89.2 cm³/mol. The zero-order chi connectivity index (χ0) is 20.9. The van der Waals surface area contributed by atoms with Crippen molar-refractivity contribution in [3.8, 4) is 0 Å². The summed E-state index contributed by atoms with van der Waals surface area (Å²) in [5.74, 6) is -3.34. The fourth-order valence-electron chi connectivity index (χ4n) is 2.59. The van der Waals surface area contributed by atoms with E-state index in [1.165, 1.54) is 12.1 Å². The van der Waals surface area contributed by atoms with Gasteiger partial charge in [0, 0.05) is 12.5 Å². The number of benzene rings is 2. The second-order valence-corrected chi connectivity index (χ2v) is 6.00. The van der Waals surface area contributed by atoms with Gasteiger partial charge >= 0.3 is 12.1 Å². The molecule has 4 nitrogen and oxygen atoms in total. The molecule has 0 radical (unpaired) electrons. The number of nitrogens with one attached hydrogen (secondary N) is 1. The van der Waals surface area contributed by atoms with E-state index in [2.05, 4.69) is 10.1 Å². The van der Waals surface area contributed by atoms with Crippen molar-refractivity contribution >= 4 is 11.9 Å². The van der Waals surface area contributed by atoms with Crippen LogP contribution in [0.1, 0.15) is 16.7 Å². The molecule has 0 saturated heterocycles. The Kier molecular flexibility index (Phi) is 6.71. The Hall–Kier alpha value is -2.97. The minimum atomic E-state index is -4.55. The first-order valence-corrected chi connectivity index (χ1v) is 8.07. The monoisotopic (exact) mass is 401 g/mol. The first-order chi connectivity index (χ1) is 13.1. The van der Waals surface area contributed by atoms with Crippen molar-refractivity contribution < 1.29 is 36.3 Å². The maximum absolute atomic E-state index is 13.2. The second-order valence-electron chi connectivity index (χ2n) is 6.00. The highest BCUT2D eigenvalue weighted by atomic mass is 19.4. The van der Waals surface area contributed by atoms with Crippen LogP contribution in [0.5, 0.6) is 0 Å². The Morgan fingerprint density at radius 1 is 1.04 bits per heavy atom. The largest absolute Gasteiger partial charge is 0.467 e. The van der Waals surface area contributed by atoms with Gasteiger partial charge in [0.15, 0.2) is 0 Å². The molecular weight excluding hydrogens is 385 g/mol. The number of ether oxygens (including phenoxy) is 1. The number of alkyl halides is 3. The summed E-state index contributed by atoms with van der Waals surface area (Å²) in [6, 6.07) is 5.61. The number of esters is 1. The van der Waals surface area contributed by atoms with E-state index < -0.39 is 47.7 Å². The van der Waals surface area contributed by atoms with E-state index in [-0.39, 0.29) is 17.5 Å².